The molecule has 0 aliphatic carbocycles. The van der Waals surface area contributed by atoms with Crippen LogP contribution in [0.25, 0.3) is 0 Å². The molecule has 0 radical (unpaired) electrons. The van der Waals surface area contributed by atoms with E-state index in [1.54, 1.807) is 48.8 Å². The average Bonchev–Trinajstić information content (AvgIpc) is 3.49. The molecule has 4 rings (SSSR count). The van der Waals surface area contributed by atoms with E-state index in [9.17, 15) is 14.7 Å². The molecule has 264 valence electrons. The lowest BCUT2D eigenvalue weighted by atomic mass is 10.00. The van der Waals surface area contributed by atoms with Crippen molar-refractivity contribution in [3.05, 3.63) is 114 Å². The summed E-state index contributed by atoms with van der Waals surface area (Å²) in [5.41, 5.74) is 2.65. The second-order valence-corrected chi connectivity index (χ2v) is 14.5. The van der Waals surface area contributed by atoms with Gasteiger partial charge in [-0.15, -0.1) is 30.1 Å². The monoisotopic (exact) mass is 709 g/mol. The van der Waals surface area contributed by atoms with Crippen molar-refractivity contribution < 1.29 is 38.4 Å². The molecular weight excluding hydrogens is 663 g/mol. The highest BCUT2D eigenvalue weighted by Gasteiger charge is 2.48. The molecule has 5 atom stereocenters. The molecular formula is C38H47NO8S2. The maximum absolute atomic E-state index is 14.5. The van der Waals surface area contributed by atoms with Crippen LogP contribution >= 0.6 is 23.5 Å². The average molecular weight is 710 g/mol. The Morgan fingerprint density at radius 1 is 0.898 bits per heavy atom. The number of aliphatic hydroxyl groups excluding tert-OH is 1. The van der Waals surface area contributed by atoms with E-state index in [1.165, 1.54) is 0 Å². The van der Waals surface area contributed by atoms with Gasteiger partial charge in [0.05, 0.1) is 37.6 Å². The minimum Gasteiger partial charge on any atom is -0.497 e. The summed E-state index contributed by atoms with van der Waals surface area (Å²) >= 11 is 3.37. The molecule has 0 unspecified atom stereocenters. The lowest BCUT2D eigenvalue weighted by molar-refractivity contribution is -0.175. The zero-order valence-corrected chi connectivity index (χ0v) is 30.0. The summed E-state index contributed by atoms with van der Waals surface area (Å²) in [5, 5.41) is 12.3. The molecule has 1 N–H and O–H groups in total. The fourth-order valence-electron chi connectivity index (χ4n) is 5.53. The van der Waals surface area contributed by atoms with E-state index in [1.807, 2.05) is 72.8 Å². The molecule has 0 saturated carbocycles. The smallest absolute Gasteiger partial charge is 0.417 e. The summed E-state index contributed by atoms with van der Waals surface area (Å²) in [7, 11) is 1.58. The molecule has 3 aromatic carbocycles. The van der Waals surface area contributed by atoms with Crippen LogP contribution in [0.1, 0.15) is 30.5 Å². The van der Waals surface area contributed by atoms with Crippen molar-refractivity contribution in [1.82, 2.24) is 4.90 Å². The maximum atomic E-state index is 14.5. The van der Waals surface area contributed by atoms with Crippen molar-refractivity contribution in [2.24, 2.45) is 0 Å². The number of benzene rings is 3. The van der Waals surface area contributed by atoms with Crippen LogP contribution in [-0.2, 0) is 43.4 Å². The quantitative estimate of drug-likeness (QED) is 0.0972. The zero-order valence-electron chi connectivity index (χ0n) is 28.3. The molecule has 9 nitrogen and oxygen atoms in total. The van der Waals surface area contributed by atoms with E-state index in [0.717, 1.165) is 33.1 Å². The lowest BCUT2D eigenvalue weighted by Crippen LogP contribution is -2.57. The van der Waals surface area contributed by atoms with Crippen molar-refractivity contribution >= 4 is 35.5 Å². The second kappa shape index (κ2) is 20.4. The Hall–Kier alpha value is -3.32. The molecule has 49 heavy (non-hydrogen) atoms. The number of imide groups is 1. The number of methoxy groups -OCH3 is 1. The van der Waals surface area contributed by atoms with E-state index in [-0.39, 0.29) is 31.0 Å². The molecule has 1 fully saturated rings. The maximum Gasteiger partial charge on any atom is 0.417 e. The first kappa shape index (κ1) is 38.5. The highest BCUT2D eigenvalue weighted by Crippen LogP contribution is 2.34. The van der Waals surface area contributed by atoms with Crippen LogP contribution in [0.3, 0.4) is 0 Å². The number of cyclic esters (lactones) is 1. The zero-order chi connectivity index (χ0) is 35.0. The van der Waals surface area contributed by atoms with Crippen molar-refractivity contribution in [3.8, 4) is 5.75 Å². The molecule has 1 saturated heterocycles. The Labute approximate surface area is 298 Å². The third-order valence-electron chi connectivity index (χ3n) is 7.94. The Bertz CT molecular complexity index is 1420. The number of nitrogens with zero attached hydrogens (tertiary/aromatic N) is 1. The highest BCUT2D eigenvalue weighted by atomic mass is 32.2. The minimum absolute atomic E-state index is 0.0235. The summed E-state index contributed by atoms with van der Waals surface area (Å²) < 4.78 is 29.7. The molecule has 1 aliphatic rings. The van der Waals surface area contributed by atoms with E-state index in [2.05, 4.69) is 20.4 Å². The third kappa shape index (κ3) is 11.1. The van der Waals surface area contributed by atoms with Crippen LogP contribution in [0.2, 0.25) is 0 Å². The van der Waals surface area contributed by atoms with Gasteiger partial charge in [-0.25, -0.2) is 9.69 Å². The Morgan fingerprint density at radius 2 is 1.49 bits per heavy atom. The normalized spacial score (nSPS) is 17.0. The number of aliphatic hydroxyl groups is 1. The standard InChI is InChI=1S/C38H47NO8S2/c1-5-22-44-33(35(37(48-6-2)49-7-3)46-24-28-16-12-9-13-17-28)32(40)34(45-25-29-18-20-31(43-4)21-19-29)36(41)39-30(26-47-38(39)42)23-27-14-10-8-11-15-27/h5,8-21,30,32-35,37,40H,1,6-7,22-26H2,2-4H3/t30-,32-,33+,34+,35-/m1/s1. The summed E-state index contributed by atoms with van der Waals surface area (Å²) in [6, 6.07) is 26.0. The fourth-order valence-corrected chi connectivity index (χ4v) is 8.23. The highest BCUT2D eigenvalue weighted by molar-refractivity contribution is 8.17. The molecule has 0 spiro atoms. The number of rotatable bonds is 21. The van der Waals surface area contributed by atoms with E-state index < -0.39 is 42.5 Å². The van der Waals surface area contributed by atoms with Gasteiger partial charge in [-0.1, -0.05) is 92.7 Å². The van der Waals surface area contributed by atoms with Gasteiger partial charge >= 0.3 is 6.09 Å². The number of amides is 2. The SMILES string of the molecule is C=CCO[C@@H]([C@@H](O)[C@H](OCc1ccc(OC)cc1)C(=O)N1C(=O)OC[C@H]1Cc1ccccc1)[C@@H](OCc1ccccc1)C(SCC)SCC. The number of ether oxygens (including phenoxy) is 5. The van der Waals surface area contributed by atoms with Gasteiger partial charge in [0.25, 0.3) is 5.91 Å². The van der Waals surface area contributed by atoms with Gasteiger partial charge in [0.2, 0.25) is 0 Å². The third-order valence-corrected chi connectivity index (χ3v) is 10.6. The summed E-state index contributed by atoms with van der Waals surface area (Å²) in [5.74, 6) is 1.56. The summed E-state index contributed by atoms with van der Waals surface area (Å²) in [6.45, 7) is 8.31. The fraction of sp³-hybridized carbons (Fsp3) is 0.421. The lowest BCUT2D eigenvalue weighted by Gasteiger charge is -2.38. The van der Waals surface area contributed by atoms with Gasteiger partial charge in [0.15, 0.2) is 6.10 Å². The van der Waals surface area contributed by atoms with Crippen molar-refractivity contribution in [3.63, 3.8) is 0 Å². The first-order valence-corrected chi connectivity index (χ1v) is 18.6. The van der Waals surface area contributed by atoms with Crippen LogP contribution in [0, 0.1) is 0 Å². The molecule has 0 bridgehead atoms. The Morgan fingerprint density at radius 3 is 2.08 bits per heavy atom. The number of carbonyl (C=O) groups excluding carboxylic acids is 2. The first-order valence-electron chi connectivity index (χ1n) is 16.5. The van der Waals surface area contributed by atoms with Crippen molar-refractivity contribution in [1.29, 1.82) is 0 Å². The van der Waals surface area contributed by atoms with Gasteiger partial charge in [-0.2, -0.15) is 0 Å². The summed E-state index contributed by atoms with van der Waals surface area (Å²) in [4.78, 5) is 28.8. The van der Waals surface area contributed by atoms with Gasteiger partial charge < -0.3 is 28.8 Å². The summed E-state index contributed by atoms with van der Waals surface area (Å²) in [6.07, 6.45) is -3.53. The Balaban J connectivity index is 1.70. The molecule has 11 heteroatoms. The second-order valence-electron chi connectivity index (χ2n) is 11.3. The number of hydrogen-bond acceptors (Lipinski definition) is 10. The van der Waals surface area contributed by atoms with Crippen molar-refractivity contribution in [2.45, 2.75) is 68.5 Å². The van der Waals surface area contributed by atoms with Gasteiger partial charge in [-0.3, -0.25) is 4.79 Å². The van der Waals surface area contributed by atoms with Gasteiger partial charge in [-0.05, 0) is 46.7 Å². The molecule has 1 heterocycles. The van der Waals surface area contributed by atoms with E-state index >= 15 is 0 Å². The predicted octanol–water partition coefficient (Wildman–Crippen LogP) is 6.52. The topological polar surface area (TPSA) is 104 Å². The molecule has 0 aromatic heterocycles. The largest absolute Gasteiger partial charge is 0.497 e. The van der Waals surface area contributed by atoms with Crippen LogP contribution in [0.15, 0.2) is 97.6 Å². The first-order chi connectivity index (χ1) is 23.9. The van der Waals surface area contributed by atoms with E-state index in [4.69, 9.17) is 23.7 Å². The molecule has 2 amide bonds. The number of hydrogen-bond donors (Lipinski definition) is 1. The predicted molar refractivity (Wildman–Crippen MR) is 195 cm³/mol. The Kier molecular flexibility index (Phi) is 16.0. The minimum atomic E-state index is -1.53. The van der Waals surface area contributed by atoms with Crippen LogP contribution in [-0.4, -0.2) is 88.9 Å². The van der Waals surface area contributed by atoms with Gasteiger partial charge in [0.1, 0.15) is 30.7 Å². The molecule has 3 aromatic rings. The number of thioether (sulfide) groups is 2. The van der Waals surface area contributed by atoms with Gasteiger partial charge in [0, 0.05) is 0 Å². The van der Waals surface area contributed by atoms with Crippen LogP contribution in [0.5, 0.6) is 5.75 Å². The van der Waals surface area contributed by atoms with E-state index in [0.29, 0.717) is 12.2 Å². The van der Waals surface area contributed by atoms with Crippen molar-refractivity contribution in [2.75, 3.05) is 31.8 Å². The van der Waals surface area contributed by atoms with Crippen LogP contribution < -0.4 is 4.74 Å². The van der Waals surface area contributed by atoms with Crippen LogP contribution in [0.4, 0.5) is 4.79 Å². The number of carbonyl (C=O) groups is 2. The molecule has 1 aliphatic heterocycles.